The van der Waals surface area contributed by atoms with Crippen LogP contribution in [0, 0.1) is 17.1 Å². The third-order valence-corrected chi connectivity index (χ3v) is 3.01. The van der Waals surface area contributed by atoms with Gasteiger partial charge in [0.2, 0.25) is 5.95 Å². The molecule has 1 heterocycles. The maximum absolute atomic E-state index is 13.7. The molecule has 1 aromatic carbocycles. The van der Waals surface area contributed by atoms with Crippen molar-refractivity contribution in [2.45, 2.75) is 13.0 Å². The molecule has 0 aliphatic carbocycles. The number of halogens is 1. The van der Waals surface area contributed by atoms with Gasteiger partial charge in [-0.3, -0.25) is 0 Å². The Labute approximate surface area is 111 Å². The van der Waals surface area contributed by atoms with Gasteiger partial charge in [-0.05, 0) is 19.1 Å². The first-order valence-electron chi connectivity index (χ1n) is 5.84. The van der Waals surface area contributed by atoms with Gasteiger partial charge in [-0.2, -0.15) is 5.26 Å². The van der Waals surface area contributed by atoms with Gasteiger partial charge in [0.25, 0.3) is 0 Å². The predicted molar refractivity (Wildman–Crippen MR) is 70.0 cm³/mol. The van der Waals surface area contributed by atoms with Crippen LogP contribution in [0.4, 0.5) is 10.3 Å². The van der Waals surface area contributed by atoms with Gasteiger partial charge in [0.1, 0.15) is 17.6 Å². The highest BCUT2D eigenvalue weighted by Crippen LogP contribution is 2.24. The molecule has 0 fully saturated rings. The van der Waals surface area contributed by atoms with Gasteiger partial charge in [0.15, 0.2) is 0 Å². The van der Waals surface area contributed by atoms with E-state index in [-0.39, 0.29) is 17.6 Å². The van der Waals surface area contributed by atoms with Crippen molar-refractivity contribution >= 4 is 5.95 Å². The van der Waals surface area contributed by atoms with E-state index in [1.54, 1.807) is 30.1 Å². The maximum atomic E-state index is 13.7. The van der Waals surface area contributed by atoms with E-state index in [4.69, 9.17) is 5.26 Å². The van der Waals surface area contributed by atoms with Gasteiger partial charge in [0.05, 0.1) is 6.04 Å². The zero-order valence-electron chi connectivity index (χ0n) is 10.7. The Morgan fingerprint density at radius 1 is 1.32 bits per heavy atom. The Kier molecular flexibility index (Phi) is 3.71. The van der Waals surface area contributed by atoms with Crippen LogP contribution in [0.2, 0.25) is 0 Å². The van der Waals surface area contributed by atoms with Crippen LogP contribution in [0.25, 0.3) is 0 Å². The van der Waals surface area contributed by atoms with Crippen LogP contribution >= 0.6 is 0 Å². The molecule has 0 saturated carbocycles. The first kappa shape index (κ1) is 13.0. The minimum absolute atomic E-state index is 0.227. The molecule has 19 heavy (non-hydrogen) atoms. The smallest absolute Gasteiger partial charge is 0.226 e. The Bertz CT molecular complexity index is 621. The van der Waals surface area contributed by atoms with Crippen molar-refractivity contribution in [1.29, 1.82) is 5.26 Å². The van der Waals surface area contributed by atoms with Crippen molar-refractivity contribution in [3.05, 3.63) is 53.6 Å². The molecule has 0 aliphatic rings. The highest BCUT2D eigenvalue weighted by Gasteiger charge is 2.17. The summed E-state index contributed by atoms with van der Waals surface area (Å²) in [6.07, 6.45) is 1.52. The Morgan fingerprint density at radius 2 is 2.05 bits per heavy atom. The van der Waals surface area contributed by atoms with E-state index in [2.05, 4.69) is 9.97 Å². The molecule has 2 aromatic rings. The number of nitriles is 1. The summed E-state index contributed by atoms with van der Waals surface area (Å²) in [5.41, 5.74) is 0.855. The molecule has 96 valence electrons. The molecule has 0 N–H and O–H groups in total. The highest BCUT2D eigenvalue weighted by atomic mass is 19.1. The van der Waals surface area contributed by atoms with Gasteiger partial charge in [-0.1, -0.05) is 18.2 Å². The van der Waals surface area contributed by atoms with Crippen molar-refractivity contribution < 1.29 is 4.39 Å². The average molecular weight is 256 g/mol. The molecule has 5 heteroatoms. The van der Waals surface area contributed by atoms with Crippen LogP contribution in [0.15, 0.2) is 36.5 Å². The van der Waals surface area contributed by atoms with Gasteiger partial charge in [-0.25, -0.2) is 14.4 Å². The van der Waals surface area contributed by atoms with E-state index in [1.165, 1.54) is 18.3 Å². The Hall–Kier alpha value is -2.48. The Morgan fingerprint density at radius 3 is 2.74 bits per heavy atom. The van der Waals surface area contributed by atoms with E-state index in [0.717, 1.165) is 0 Å². The molecule has 4 nitrogen and oxygen atoms in total. The lowest BCUT2D eigenvalue weighted by atomic mass is 10.1. The zero-order valence-corrected chi connectivity index (χ0v) is 10.7. The summed E-state index contributed by atoms with van der Waals surface area (Å²) >= 11 is 0. The largest absolute Gasteiger partial charge is 0.337 e. The average Bonchev–Trinajstić information content (AvgIpc) is 2.46. The van der Waals surface area contributed by atoms with Crippen molar-refractivity contribution in [3.63, 3.8) is 0 Å². The van der Waals surface area contributed by atoms with Crippen LogP contribution in [0.5, 0.6) is 0 Å². The van der Waals surface area contributed by atoms with Crippen molar-refractivity contribution in [2.75, 3.05) is 11.9 Å². The van der Waals surface area contributed by atoms with Crippen LogP contribution < -0.4 is 4.90 Å². The summed E-state index contributed by atoms with van der Waals surface area (Å²) in [6.45, 7) is 1.86. The standard InChI is InChI=1S/C14H13FN4/c1-10(12-5-3-4-6-13(12)15)19(2)14-17-8-7-11(9-16)18-14/h3-8,10H,1-2H3. The molecule has 0 bridgehead atoms. The lowest BCUT2D eigenvalue weighted by molar-refractivity contribution is 0.582. The molecule has 0 saturated heterocycles. The number of benzene rings is 1. The SMILES string of the molecule is CC(c1ccccc1F)N(C)c1nccc(C#N)n1. The van der Waals surface area contributed by atoms with Crippen molar-refractivity contribution in [2.24, 2.45) is 0 Å². The number of aromatic nitrogens is 2. The summed E-state index contributed by atoms with van der Waals surface area (Å²) in [6, 6.07) is 9.85. The van der Waals surface area contributed by atoms with Gasteiger partial charge < -0.3 is 4.90 Å². The fraction of sp³-hybridized carbons (Fsp3) is 0.214. The molecule has 2 rings (SSSR count). The van der Waals surface area contributed by atoms with Crippen LogP contribution in [0.3, 0.4) is 0 Å². The van der Waals surface area contributed by atoms with E-state index in [0.29, 0.717) is 11.5 Å². The molecule has 1 atom stereocenters. The third-order valence-electron chi connectivity index (χ3n) is 3.01. The van der Waals surface area contributed by atoms with Crippen LogP contribution in [-0.2, 0) is 0 Å². The molecule has 1 aromatic heterocycles. The molecule has 0 amide bonds. The third kappa shape index (κ3) is 2.68. The van der Waals surface area contributed by atoms with E-state index in [1.807, 2.05) is 13.0 Å². The first-order valence-corrected chi connectivity index (χ1v) is 5.84. The second-order valence-electron chi connectivity index (χ2n) is 4.16. The molecule has 0 aliphatic heterocycles. The molecule has 0 spiro atoms. The quantitative estimate of drug-likeness (QED) is 0.847. The molecule has 1 unspecified atom stereocenters. The summed E-state index contributed by atoms with van der Waals surface area (Å²) in [4.78, 5) is 9.94. The summed E-state index contributed by atoms with van der Waals surface area (Å²) in [5, 5.41) is 8.82. The van der Waals surface area contributed by atoms with Gasteiger partial charge >= 0.3 is 0 Å². The maximum Gasteiger partial charge on any atom is 0.226 e. The van der Waals surface area contributed by atoms with E-state index >= 15 is 0 Å². The normalized spacial score (nSPS) is 11.7. The van der Waals surface area contributed by atoms with E-state index < -0.39 is 0 Å². The second kappa shape index (κ2) is 5.44. The number of nitrogens with zero attached hydrogens (tertiary/aromatic N) is 4. The molecule has 0 radical (unpaired) electrons. The second-order valence-corrected chi connectivity index (χ2v) is 4.16. The summed E-state index contributed by atoms with van der Waals surface area (Å²) in [5.74, 6) is 0.132. The van der Waals surface area contributed by atoms with Crippen LogP contribution in [0.1, 0.15) is 24.2 Å². The van der Waals surface area contributed by atoms with Crippen molar-refractivity contribution in [3.8, 4) is 6.07 Å². The van der Waals surface area contributed by atoms with Gasteiger partial charge in [0, 0.05) is 18.8 Å². The lowest BCUT2D eigenvalue weighted by Crippen LogP contribution is -2.24. The molecular weight excluding hydrogens is 243 g/mol. The minimum atomic E-state index is -0.265. The summed E-state index contributed by atoms with van der Waals surface area (Å²) < 4.78 is 13.7. The Balaban J connectivity index is 2.31. The zero-order chi connectivity index (χ0) is 13.8. The van der Waals surface area contributed by atoms with E-state index in [9.17, 15) is 4.39 Å². The van der Waals surface area contributed by atoms with Gasteiger partial charge in [-0.15, -0.1) is 0 Å². The predicted octanol–water partition coefficient (Wildman–Crippen LogP) is 2.68. The van der Waals surface area contributed by atoms with Crippen molar-refractivity contribution in [1.82, 2.24) is 9.97 Å². The number of rotatable bonds is 3. The lowest BCUT2D eigenvalue weighted by Gasteiger charge is -2.25. The minimum Gasteiger partial charge on any atom is -0.337 e. The fourth-order valence-corrected chi connectivity index (χ4v) is 1.78. The first-order chi connectivity index (χ1) is 9.13. The highest BCUT2D eigenvalue weighted by molar-refractivity contribution is 5.37. The number of hydrogen-bond donors (Lipinski definition) is 0. The number of anilines is 1. The number of hydrogen-bond acceptors (Lipinski definition) is 4. The topological polar surface area (TPSA) is 52.8 Å². The van der Waals surface area contributed by atoms with Crippen LogP contribution in [-0.4, -0.2) is 17.0 Å². The monoisotopic (exact) mass is 256 g/mol. The summed E-state index contributed by atoms with van der Waals surface area (Å²) in [7, 11) is 1.77. The fourth-order valence-electron chi connectivity index (χ4n) is 1.78. The molecular formula is C14H13FN4.